The number of amides is 1. The number of hydrogen-bond donors (Lipinski definition) is 0. The highest BCUT2D eigenvalue weighted by molar-refractivity contribution is 7.98. The predicted octanol–water partition coefficient (Wildman–Crippen LogP) is 3.23. The van der Waals surface area contributed by atoms with Gasteiger partial charge in [-0.1, -0.05) is 25.6 Å². The van der Waals surface area contributed by atoms with Crippen molar-refractivity contribution in [2.45, 2.75) is 70.7 Å². The number of aromatic nitrogens is 2. The van der Waals surface area contributed by atoms with Crippen LogP contribution in [0.3, 0.4) is 0 Å². The number of rotatable bonds is 5. The van der Waals surface area contributed by atoms with E-state index in [9.17, 15) is 9.59 Å². The molecule has 1 aliphatic rings. The Kier molecular flexibility index (Phi) is 6.08. The van der Waals surface area contributed by atoms with Crippen molar-refractivity contribution in [1.82, 2.24) is 9.97 Å². The van der Waals surface area contributed by atoms with Gasteiger partial charge in [-0.05, 0) is 46.3 Å². The standard InChI is InChI=1S/C18H27N3O3S/c1-7-12(8-2)21-14-11(10-19-17(20-14)25-6)9-13(15(21)22)16(23)24-18(3,4)5/h10,12-13H,7-9H2,1-6H3. The second-order valence-corrected chi connectivity index (χ2v) is 7.95. The van der Waals surface area contributed by atoms with Gasteiger partial charge in [-0.2, -0.15) is 0 Å². The number of fused-ring (bicyclic) bond motifs is 1. The lowest BCUT2D eigenvalue weighted by molar-refractivity contribution is -0.162. The van der Waals surface area contributed by atoms with Crippen LogP contribution in [-0.4, -0.2) is 39.7 Å². The van der Waals surface area contributed by atoms with Crippen LogP contribution < -0.4 is 4.90 Å². The van der Waals surface area contributed by atoms with Crippen molar-refractivity contribution >= 4 is 29.5 Å². The van der Waals surface area contributed by atoms with Gasteiger partial charge < -0.3 is 4.74 Å². The highest BCUT2D eigenvalue weighted by Gasteiger charge is 2.42. The van der Waals surface area contributed by atoms with Crippen LogP contribution in [0.4, 0.5) is 5.82 Å². The molecule has 0 aliphatic carbocycles. The largest absolute Gasteiger partial charge is 0.459 e. The highest BCUT2D eigenvalue weighted by atomic mass is 32.2. The van der Waals surface area contributed by atoms with Crippen LogP contribution in [0.5, 0.6) is 0 Å². The predicted molar refractivity (Wildman–Crippen MR) is 98.7 cm³/mol. The first kappa shape index (κ1) is 19.7. The molecule has 1 atom stereocenters. The number of nitrogens with zero attached hydrogens (tertiary/aromatic N) is 3. The third-order valence-corrected chi connectivity index (χ3v) is 4.75. The molecule has 1 aromatic heterocycles. The molecular weight excluding hydrogens is 338 g/mol. The first-order chi connectivity index (χ1) is 11.7. The Morgan fingerprint density at radius 1 is 1.40 bits per heavy atom. The number of ether oxygens (including phenoxy) is 1. The minimum atomic E-state index is -0.837. The maximum absolute atomic E-state index is 13.1. The summed E-state index contributed by atoms with van der Waals surface area (Å²) in [7, 11) is 0. The van der Waals surface area contributed by atoms with Gasteiger partial charge in [0, 0.05) is 17.8 Å². The molecule has 7 heteroatoms. The number of anilines is 1. The Morgan fingerprint density at radius 2 is 2.04 bits per heavy atom. The Labute approximate surface area is 153 Å². The van der Waals surface area contributed by atoms with Crippen molar-refractivity contribution in [1.29, 1.82) is 0 Å². The van der Waals surface area contributed by atoms with Crippen molar-refractivity contribution in [2.24, 2.45) is 5.92 Å². The quantitative estimate of drug-likeness (QED) is 0.345. The second kappa shape index (κ2) is 7.72. The number of hydrogen-bond acceptors (Lipinski definition) is 6. The summed E-state index contributed by atoms with van der Waals surface area (Å²) in [5.74, 6) is -0.900. The molecule has 138 valence electrons. The molecule has 2 rings (SSSR count). The zero-order valence-electron chi connectivity index (χ0n) is 15.8. The summed E-state index contributed by atoms with van der Waals surface area (Å²) in [6.45, 7) is 9.49. The summed E-state index contributed by atoms with van der Waals surface area (Å²) in [5.41, 5.74) is 0.191. The molecule has 1 amide bonds. The average molecular weight is 365 g/mol. The molecule has 1 aliphatic heterocycles. The van der Waals surface area contributed by atoms with Gasteiger partial charge in [0.15, 0.2) is 5.16 Å². The van der Waals surface area contributed by atoms with E-state index in [-0.39, 0.29) is 18.4 Å². The van der Waals surface area contributed by atoms with Gasteiger partial charge in [0.1, 0.15) is 17.3 Å². The number of thioether (sulfide) groups is 1. The fourth-order valence-corrected chi connectivity index (χ4v) is 3.31. The second-order valence-electron chi connectivity index (χ2n) is 7.17. The molecule has 25 heavy (non-hydrogen) atoms. The topological polar surface area (TPSA) is 72.4 Å². The third-order valence-electron chi connectivity index (χ3n) is 4.19. The van der Waals surface area contributed by atoms with Gasteiger partial charge in [0.25, 0.3) is 0 Å². The van der Waals surface area contributed by atoms with E-state index < -0.39 is 17.5 Å². The minimum Gasteiger partial charge on any atom is -0.459 e. The van der Waals surface area contributed by atoms with E-state index in [1.807, 2.05) is 20.1 Å². The summed E-state index contributed by atoms with van der Waals surface area (Å²) in [6, 6.07) is 0.00101. The Balaban J connectivity index is 2.46. The summed E-state index contributed by atoms with van der Waals surface area (Å²) < 4.78 is 5.47. The van der Waals surface area contributed by atoms with E-state index in [0.717, 1.165) is 18.4 Å². The van der Waals surface area contributed by atoms with Gasteiger partial charge in [-0.3, -0.25) is 14.5 Å². The molecule has 0 fully saturated rings. The Bertz CT molecular complexity index is 653. The van der Waals surface area contributed by atoms with Gasteiger partial charge in [0.2, 0.25) is 5.91 Å². The number of carbonyl (C=O) groups is 2. The monoisotopic (exact) mass is 365 g/mol. The third kappa shape index (κ3) is 4.32. The van der Waals surface area contributed by atoms with E-state index in [0.29, 0.717) is 11.0 Å². The zero-order valence-corrected chi connectivity index (χ0v) is 16.6. The first-order valence-electron chi connectivity index (χ1n) is 8.67. The number of carbonyl (C=O) groups excluding carboxylic acids is 2. The van der Waals surface area contributed by atoms with Gasteiger partial charge in [-0.25, -0.2) is 9.97 Å². The fraction of sp³-hybridized carbons (Fsp3) is 0.667. The minimum absolute atomic E-state index is 0.00101. The zero-order chi connectivity index (χ0) is 18.8. The maximum Gasteiger partial charge on any atom is 0.319 e. The van der Waals surface area contributed by atoms with Crippen molar-refractivity contribution in [2.75, 3.05) is 11.2 Å². The molecule has 0 bridgehead atoms. The number of esters is 1. The average Bonchev–Trinajstić information content (AvgIpc) is 2.55. The lowest BCUT2D eigenvalue weighted by Crippen LogP contribution is -2.51. The molecule has 6 nitrogen and oxygen atoms in total. The molecular formula is C18H27N3O3S. The van der Waals surface area contributed by atoms with Crippen LogP contribution in [-0.2, 0) is 20.7 Å². The van der Waals surface area contributed by atoms with Crippen LogP contribution in [0.1, 0.15) is 53.0 Å². The highest BCUT2D eigenvalue weighted by Crippen LogP contribution is 2.34. The maximum atomic E-state index is 13.1. The lowest BCUT2D eigenvalue weighted by Gasteiger charge is -2.37. The normalized spacial score (nSPS) is 17.6. The molecule has 0 radical (unpaired) electrons. The molecule has 0 aromatic carbocycles. The summed E-state index contributed by atoms with van der Waals surface area (Å²) in [6.07, 6.45) is 5.50. The SMILES string of the molecule is CCC(CC)N1C(=O)C(C(=O)OC(C)(C)C)Cc2cnc(SC)nc21. The van der Waals surface area contributed by atoms with Gasteiger partial charge >= 0.3 is 5.97 Å². The van der Waals surface area contributed by atoms with Crippen LogP contribution in [0, 0.1) is 5.92 Å². The summed E-state index contributed by atoms with van der Waals surface area (Å²) in [5, 5.41) is 0.623. The van der Waals surface area contributed by atoms with Crippen molar-refractivity contribution in [3.63, 3.8) is 0 Å². The lowest BCUT2D eigenvalue weighted by atomic mass is 9.92. The Hall–Kier alpha value is -1.63. The summed E-state index contributed by atoms with van der Waals surface area (Å²) >= 11 is 1.43. The first-order valence-corrected chi connectivity index (χ1v) is 9.90. The molecule has 0 spiro atoms. The molecule has 1 unspecified atom stereocenters. The van der Waals surface area contributed by atoms with E-state index in [2.05, 4.69) is 9.97 Å². The molecule has 2 heterocycles. The van der Waals surface area contributed by atoms with E-state index in [1.54, 1.807) is 31.9 Å². The molecule has 0 saturated heterocycles. The van der Waals surface area contributed by atoms with Gasteiger partial charge in [0.05, 0.1) is 0 Å². The fourth-order valence-electron chi connectivity index (χ4n) is 2.98. The molecule has 0 saturated carbocycles. The van der Waals surface area contributed by atoms with Crippen molar-refractivity contribution < 1.29 is 14.3 Å². The Morgan fingerprint density at radius 3 is 2.56 bits per heavy atom. The smallest absolute Gasteiger partial charge is 0.319 e. The van der Waals surface area contributed by atoms with E-state index in [4.69, 9.17) is 4.74 Å². The molecule has 0 N–H and O–H groups in total. The van der Waals surface area contributed by atoms with Crippen LogP contribution in [0.25, 0.3) is 0 Å². The van der Waals surface area contributed by atoms with E-state index >= 15 is 0 Å². The molecule has 1 aromatic rings. The summed E-state index contributed by atoms with van der Waals surface area (Å²) in [4.78, 5) is 36.3. The van der Waals surface area contributed by atoms with Crippen LogP contribution in [0.15, 0.2) is 11.4 Å². The van der Waals surface area contributed by atoms with Gasteiger partial charge in [-0.15, -0.1) is 0 Å². The van der Waals surface area contributed by atoms with Crippen molar-refractivity contribution in [3.05, 3.63) is 11.8 Å². The van der Waals surface area contributed by atoms with Crippen LogP contribution in [0.2, 0.25) is 0 Å². The van der Waals surface area contributed by atoms with E-state index in [1.165, 1.54) is 11.8 Å². The van der Waals surface area contributed by atoms with Crippen LogP contribution >= 0.6 is 11.8 Å². The van der Waals surface area contributed by atoms with Crippen molar-refractivity contribution in [3.8, 4) is 0 Å².